The van der Waals surface area contributed by atoms with E-state index < -0.39 is 23.3 Å². The summed E-state index contributed by atoms with van der Waals surface area (Å²) in [5.41, 5.74) is -1.59. The van der Waals surface area contributed by atoms with Crippen LogP contribution < -0.4 is 21.3 Å². The molecule has 0 saturated carbocycles. The fourth-order valence-electron chi connectivity index (χ4n) is 3.33. The first-order chi connectivity index (χ1) is 12.2. The molecule has 2 aromatic rings. The maximum absolute atomic E-state index is 12.6. The van der Waals surface area contributed by atoms with E-state index >= 15 is 0 Å². The lowest BCUT2D eigenvalue weighted by atomic mass is 9.79. The number of carbonyl (C=O) groups excluding carboxylic acids is 1. The molecule has 1 amide bonds. The fourth-order valence-corrected chi connectivity index (χ4v) is 3.33. The molecule has 1 aromatic carbocycles. The van der Waals surface area contributed by atoms with Crippen LogP contribution in [-0.2, 0) is 11.3 Å². The number of H-pyrrole nitrogens is 1. The minimum Gasteiger partial charge on any atom is -0.435 e. The van der Waals surface area contributed by atoms with Crippen molar-refractivity contribution in [1.82, 2.24) is 14.9 Å². The Balaban J connectivity index is 1.93. The van der Waals surface area contributed by atoms with E-state index in [1.807, 2.05) is 13.8 Å². The number of alkyl halides is 2. The predicted molar refractivity (Wildman–Crippen MR) is 90.4 cm³/mol. The lowest BCUT2D eigenvalue weighted by molar-refractivity contribution is -0.133. The Hall–Kier alpha value is -2.71. The molecule has 1 aromatic heterocycles. The average Bonchev–Trinajstić information content (AvgIpc) is 2.53. The zero-order valence-electron chi connectivity index (χ0n) is 14.3. The Morgan fingerprint density at radius 2 is 2.04 bits per heavy atom. The molecule has 0 bridgehead atoms. The summed E-state index contributed by atoms with van der Waals surface area (Å²) < 4.78 is 30.0. The van der Waals surface area contributed by atoms with Gasteiger partial charge in [-0.3, -0.25) is 14.2 Å². The Morgan fingerprint density at radius 1 is 1.31 bits per heavy atom. The van der Waals surface area contributed by atoms with Gasteiger partial charge in [-0.2, -0.15) is 8.78 Å². The summed E-state index contributed by atoms with van der Waals surface area (Å²) in [5.74, 6) is -0.266. The molecule has 3 rings (SSSR count). The number of benzene rings is 1. The van der Waals surface area contributed by atoms with E-state index in [4.69, 9.17) is 0 Å². The Labute approximate surface area is 147 Å². The number of aromatic nitrogens is 2. The topological polar surface area (TPSA) is 93.2 Å². The molecule has 26 heavy (non-hydrogen) atoms. The van der Waals surface area contributed by atoms with Crippen molar-refractivity contribution in [1.29, 1.82) is 0 Å². The van der Waals surface area contributed by atoms with Crippen LogP contribution in [0.4, 0.5) is 8.78 Å². The lowest BCUT2D eigenvalue weighted by Gasteiger charge is -2.34. The van der Waals surface area contributed by atoms with E-state index in [0.717, 1.165) is 4.57 Å². The minimum atomic E-state index is -3.00. The number of hydrogen-bond acceptors (Lipinski definition) is 4. The van der Waals surface area contributed by atoms with Gasteiger partial charge in [0.15, 0.2) is 0 Å². The number of nitrogens with zero attached hydrogens (tertiary/aromatic N) is 1. The van der Waals surface area contributed by atoms with Crippen LogP contribution in [0.3, 0.4) is 0 Å². The Bertz CT molecular complexity index is 965. The quantitative estimate of drug-likeness (QED) is 0.856. The van der Waals surface area contributed by atoms with Gasteiger partial charge in [0.05, 0.1) is 10.9 Å². The third-order valence-electron chi connectivity index (χ3n) is 4.58. The van der Waals surface area contributed by atoms with Crippen LogP contribution in [0.2, 0.25) is 0 Å². The third-order valence-corrected chi connectivity index (χ3v) is 4.58. The maximum Gasteiger partial charge on any atom is 0.387 e. The van der Waals surface area contributed by atoms with Gasteiger partial charge in [0.1, 0.15) is 5.75 Å². The zero-order valence-corrected chi connectivity index (χ0v) is 14.3. The Kier molecular flexibility index (Phi) is 4.55. The van der Waals surface area contributed by atoms with Crippen molar-refractivity contribution >= 4 is 16.8 Å². The number of halogens is 2. The molecular weight excluding hydrogens is 348 g/mol. The summed E-state index contributed by atoms with van der Waals surface area (Å²) in [5, 5.41) is 2.99. The van der Waals surface area contributed by atoms with E-state index in [1.165, 1.54) is 18.2 Å². The van der Waals surface area contributed by atoms with Crippen molar-refractivity contribution in [2.24, 2.45) is 11.3 Å². The SMILES string of the molecule is CC1(C)CC(Cn2c(=O)[nH]c3cc(OC(F)F)ccc3c2=O)CNC1=O. The molecular formula is C17H19F2N3O4. The van der Waals surface area contributed by atoms with Crippen molar-refractivity contribution in [2.45, 2.75) is 33.4 Å². The Morgan fingerprint density at radius 3 is 2.69 bits per heavy atom. The zero-order chi connectivity index (χ0) is 19.1. The van der Waals surface area contributed by atoms with E-state index in [0.29, 0.717) is 13.0 Å². The molecule has 1 unspecified atom stereocenters. The van der Waals surface area contributed by atoms with Crippen LogP contribution in [0.1, 0.15) is 20.3 Å². The monoisotopic (exact) mass is 367 g/mol. The number of aromatic amines is 1. The van der Waals surface area contributed by atoms with E-state index in [9.17, 15) is 23.2 Å². The number of ether oxygens (including phenoxy) is 1. The standard InChI is InChI=1S/C17H19F2N3O4/c1-17(2)6-9(7-20-14(17)24)8-22-13(23)11-4-3-10(26-15(18)19)5-12(11)21-16(22)25/h3-5,9,15H,6-8H2,1-2H3,(H,20,24)(H,21,25). The van der Waals surface area contributed by atoms with E-state index in [1.54, 1.807) is 0 Å². The van der Waals surface area contributed by atoms with Gasteiger partial charge in [0.2, 0.25) is 5.91 Å². The van der Waals surface area contributed by atoms with Gasteiger partial charge in [0, 0.05) is 24.6 Å². The van der Waals surface area contributed by atoms with Gasteiger partial charge >= 0.3 is 12.3 Å². The maximum atomic E-state index is 12.6. The highest BCUT2D eigenvalue weighted by Crippen LogP contribution is 2.29. The highest BCUT2D eigenvalue weighted by Gasteiger charge is 2.35. The fraction of sp³-hybridized carbons (Fsp3) is 0.471. The van der Waals surface area contributed by atoms with Gasteiger partial charge in [0.25, 0.3) is 5.56 Å². The third kappa shape index (κ3) is 3.47. The van der Waals surface area contributed by atoms with Crippen molar-refractivity contribution in [3.63, 3.8) is 0 Å². The summed E-state index contributed by atoms with van der Waals surface area (Å²) >= 11 is 0. The molecule has 1 aliphatic rings. The van der Waals surface area contributed by atoms with Crippen LogP contribution in [-0.4, -0.2) is 28.6 Å². The smallest absolute Gasteiger partial charge is 0.387 e. The normalized spacial score (nSPS) is 19.6. The minimum absolute atomic E-state index is 0.0555. The highest BCUT2D eigenvalue weighted by molar-refractivity contribution is 5.82. The van der Waals surface area contributed by atoms with Gasteiger partial charge in [-0.1, -0.05) is 13.8 Å². The molecule has 9 heteroatoms. The second-order valence-electron chi connectivity index (χ2n) is 7.10. The number of hydrogen-bond donors (Lipinski definition) is 2. The number of rotatable bonds is 4. The van der Waals surface area contributed by atoms with Crippen LogP contribution in [0.5, 0.6) is 5.75 Å². The summed E-state index contributed by atoms with van der Waals surface area (Å²) in [7, 11) is 0. The van der Waals surface area contributed by atoms with Crippen molar-refractivity contribution in [3.05, 3.63) is 39.0 Å². The number of carbonyl (C=O) groups is 1. The first-order valence-electron chi connectivity index (χ1n) is 8.17. The van der Waals surface area contributed by atoms with Crippen molar-refractivity contribution < 1.29 is 18.3 Å². The van der Waals surface area contributed by atoms with E-state index in [-0.39, 0.29) is 35.0 Å². The average molecular weight is 367 g/mol. The summed E-state index contributed by atoms with van der Waals surface area (Å²) in [6.07, 6.45) is 0.546. The lowest BCUT2D eigenvalue weighted by Crippen LogP contribution is -2.49. The molecule has 1 fully saturated rings. The molecule has 7 nitrogen and oxygen atoms in total. The van der Waals surface area contributed by atoms with Gasteiger partial charge < -0.3 is 15.0 Å². The van der Waals surface area contributed by atoms with Crippen LogP contribution in [0.15, 0.2) is 27.8 Å². The summed E-state index contributed by atoms with van der Waals surface area (Å²) in [4.78, 5) is 39.3. The van der Waals surface area contributed by atoms with Crippen molar-refractivity contribution in [2.75, 3.05) is 6.54 Å². The molecule has 1 aliphatic heterocycles. The van der Waals surface area contributed by atoms with Gasteiger partial charge in [-0.25, -0.2) is 4.79 Å². The second kappa shape index (κ2) is 6.54. The van der Waals surface area contributed by atoms with Crippen LogP contribution in [0, 0.1) is 11.3 Å². The largest absolute Gasteiger partial charge is 0.435 e. The highest BCUT2D eigenvalue weighted by atomic mass is 19.3. The molecule has 1 saturated heterocycles. The van der Waals surface area contributed by atoms with Crippen LogP contribution in [0.25, 0.3) is 10.9 Å². The molecule has 2 heterocycles. The molecule has 140 valence electrons. The predicted octanol–water partition coefficient (Wildman–Crippen LogP) is 1.45. The van der Waals surface area contributed by atoms with Gasteiger partial charge in [-0.15, -0.1) is 0 Å². The van der Waals surface area contributed by atoms with E-state index in [2.05, 4.69) is 15.0 Å². The first kappa shape index (κ1) is 18.1. The number of piperidine rings is 1. The van der Waals surface area contributed by atoms with Crippen molar-refractivity contribution in [3.8, 4) is 5.75 Å². The molecule has 0 radical (unpaired) electrons. The number of nitrogens with one attached hydrogen (secondary N) is 2. The number of fused-ring (bicyclic) bond motifs is 1. The number of amides is 1. The van der Waals surface area contributed by atoms with Gasteiger partial charge in [-0.05, 0) is 24.5 Å². The second-order valence-corrected chi connectivity index (χ2v) is 7.10. The molecule has 0 aliphatic carbocycles. The molecule has 2 N–H and O–H groups in total. The first-order valence-corrected chi connectivity index (χ1v) is 8.17. The van der Waals surface area contributed by atoms with Crippen LogP contribution >= 0.6 is 0 Å². The molecule has 1 atom stereocenters. The molecule has 0 spiro atoms. The summed E-state index contributed by atoms with van der Waals surface area (Å²) in [6.45, 7) is 1.17. The summed E-state index contributed by atoms with van der Waals surface area (Å²) in [6, 6.07) is 3.79.